The molecule has 2 saturated heterocycles. The molecule has 51 heavy (non-hydrogen) atoms. The highest BCUT2D eigenvalue weighted by Crippen LogP contribution is 2.39. The van der Waals surface area contributed by atoms with E-state index in [2.05, 4.69) is 38.0 Å². The Balaban J connectivity index is 1.08. The van der Waals surface area contributed by atoms with E-state index in [4.69, 9.17) is 21.1 Å². The number of aromatic amines is 1. The summed E-state index contributed by atoms with van der Waals surface area (Å²) < 4.78 is 11.3. The third-order valence-electron chi connectivity index (χ3n) is 9.96. The molecule has 0 radical (unpaired) electrons. The van der Waals surface area contributed by atoms with E-state index >= 15 is 0 Å². The number of fused-ring (bicyclic) bond motifs is 1. The van der Waals surface area contributed by atoms with Gasteiger partial charge in [-0.15, -0.1) is 0 Å². The average Bonchev–Trinajstić information content (AvgIpc) is 3.63. The van der Waals surface area contributed by atoms with E-state index in [1.807, 2.05) is 54.7 Å². The third kappa shape index (κ3) is 7.65. The molecule has 3 N–H and O–H groups in total. The van der Waals surface area contributed by atoms with Gasteiger partial charge in [-0.1, -0.05) is 41.9 Å². The number of methoxy groups -OCH3 is 1. The van der Waals surface area contributed by atoms with Crippen LogP contribution in [-0.2, 0) is 11.3 Å². The van der Waals surface area contributed by atoms with Crippen molar-refractivity contribution in [2.75, 3.05) is 51.3 Å². The number of carbonyl (C=O) groups is 2. The first-order chi connectivity index (χ1) is 24.7. The molecule has 264 valence electrons. The van der Waals surface area contributed by atoms with Crippen molar-refractivity contribution < 1.29 is 29.3 Å². The number of hydrogen-bond acceptors (Lipinski definition) is 8. The Bertz CT molecular complexity index is 2020. The number of aliphatic hydroxyl groups excluding tert-OH is 1. The van der Waals surface area contributed by atoms with Gasteiger partial charge in [0.2, 0.25) is 0 Å². The van der Waals surface area contributed by atoms with Crippen molar-refractivity contribution in [2.45, 2.75) is 25.5 Å². The topological polar surface area (TPSA) is 131 Å². The number of halogens is 1. The maximum absolute atomic E-state index is 12.7. The molecular weight excluding hydrogens is 670 g/mol. The Kier molecular flexibility index (Phi) is 10.1. The number of anilines is 1. The standard InChI is InChI=1S/C39H40ClN5O6/c1-50-38(47)33-9-7-30(22-35(33)51-31-21-28-10-13-41-37(28)42-23-31)44-14-11-27(12-15-44)36(46)34-20-25(24-43-16-18-45(19-17-43)39(48)49)2-8-32(34)26-3-5-29(40)6-4-26/h2-10,13,20-23,27,36,46H,11-12,14-19,24H2,1H3,(H,41,42)(H,48,49)/t36-/m1/s1. The van der Waals surface area contributed by atoms with Crippen molar-refractivity contribution in [2.24, 2.45) is 5.92 Å². The molecule has 0 bridgehead atoms. The van der Waals surface area contributed by atoms with E-state index in [0.717, 1.165) is 51.8 Å². The first-order valence-corrected chi connectivity index (χ1v) is 17.5. The van der Waals surface area contributed by atoms with Gasteiger partial charge in [0.25, 0.3) is 0 Å². The number of aliphatic hydroxyl groups is 1. The van der Waals surface area contributed by atoms with Gasteiger partial charge < -0.3 is 34.5 Å². The van der Waals surface area contributed by atoms with Crippen LogP contribution >= 0.6 is 11.6 Å². The van der Waals surface area contributed by atoms with Crippen molar-refractivity contribution in [3.05, 3.63) is 107 Å². The third-order valence-corrected chi connectivity index (χ3v) is 10.2. The molecular formula is C39H40ClN5O6. The number of hydrogen-bond donors (Lipinski definition) is 3. The normalized spacial score (nSPS) is 16.3. The molecule has 2 aliphatic rings. The van der Waals surface area contributed by atoms with Crippen molar-refractivity contribution in [3.63, 3.8) is 0 Å². The molecule has 4 heterocycles. The highest BCUT2D eigenvalue weighted by atomic mass is 35.5. The second-order valence-corrected chi connectivity index (χ2v) is 13.5. The Hall–Kier alpha value is -5.10. The lowest BCUT2D eigenvalue weighted by molar-refractivity contribution is 0.0597. The molecule has 1 amide bonds. The lowest BCUT2D eigenvalue weighted by Gasteiger charge is -2.36. The summed E-state index contributed by atoms with van der Waals surface area (Å²) in [7, 11) is 1.35. The number of piperidine rings is 1. The lowest BCUT2D eigenvalue weighted by Crippen LogP contribution is -2.47. The molecule has 3 aromatic carbocycles. The minimum atomic E-state index is -0.881. The molecule has 7 rings (SSSR count). The number of aromatic nitrogens is 2. The number of piperazine rings is 1. The van der Waals surface area contributed by atoms with Crippen LogP contribution < -0.4 is 9.64 Å². The quantitative estimate of drug-likeness (QED) is 0.136. The minimum absolute atomic E-state index is 0.0193. The van der Waals surface area contributed by atoms with Crippen LogP contribution in [0.4, 0.5) is 10.5 Å². The summed E-state index contributed by atoms with van der Waals surface area (Å²) in [6, 6.07) is 23.2. The van der Waals surface area contributed by atoms with Gasteiger partial charge in [-0.05, 0) is 77.4 Å². The summed E-state index contributed by atoms with van der Waals surface area (Å²) in [5.74, 6) is 0.417. The summed E-state index contributed by atoms with van der Waals surface area (Å²) in [6.45, 7) is 4.37. The zero-order chi connectivity index (χ0) is 35.5. The highest BCUT2D eigenvalue weighted by molar-refractivity contribution is 6.30. The molecule has 11 nitrogen and oxygen atoms in total. The molecule has 1 atom stereocenters. The molecule has 2 fully saturated rings. The number of rotatable bonds is 9. The van der Waals surface area contributed by atoms with Crippen LogP contribution in [0.3, 0.4) is 0 Å². The predicted octanol–water partition coefficient (Wildman–Crippen LogP) is 7.21. The summed E-state index contributed by atoms with van der Waals surface area (Å²) in [4.78, 5) is 37.5. The van der Waals surface area contributed by atoms with E-state index in [-0.39, 0.29) is 5.92 Å². The van der Waals surface area contributed by atoms with Crippen molar-refractivity contribution in [3.8, 4) is 22.6 Å². The maximum atomic E-state index is 12.7. The van der Waals surface area contributed by atoms with Crippen LogP contribution in [0, 0.1) is 5.92 Å². The number of nitrogens with zero attached hydrogens (tertiary/aromatic N) is 4. The van der Waals surface area contributed by atoms with Crippen molar-refractivity contribution >= 4 is 40.4 Å². The summed E-state index contributed by atoms with van der Waals surface area (Å²) in [5, 5.41) is 22.9. The first-order valence-electron chi connectivity index (χ1n) is 17.1. The molecule has 2 aliphatic heterocycles. The number of amides is 1. The van der Waals surface area contributed by atoms with Crippen molar-refractivity contribution in [1.29, 1.82) is 0 Å². The number of carboxylic acid groups (broad SMARTS) is 1. The Morgan fingerprint density at radius 1 is 0.961 bits per heavy atom. The van der Waals surface area contributed by atoms with Crippen LogP contribution in [0.1, 0.15) is 40.4 Å². The molecule has 0 aliphatic carbocycles. The fourth-order valence-electron chi connectivity index (χ4n) is 7.10. The molecule has 2 aromatic heterocycles. The monoisotopic (exact) mass is 709 g/mol. The van der Waals surface area contributed by atoms with Crippen molar-refractivity contribution in [1.82, 2.24) is 19.8 Å². The first kappa shape index (κ1) is 34.4. The van der Waals surface area contributed by atoms with Gasteiger partial charge in [0, 0.05) is 74.2 Å². The molecule has 5 aromatic rings. The number of pyridine rings is 1. The van der Waals surface area contributed by atoms with E-state index in [9.17, 15) is 19.8 Å². The second-order valence-electron chi connectivity index (χ2n) is 13.1. The fourth-order valence-corrected chi connectivity index (χ4v) is 7.23. The van der Waals surface area contributed by atoms with Gasteiger partial charge in [-0.3, -0.25) is 4.90 Å². The second kappa shape index (κ2) is 15.0. The zero-order valence-corrected chi connectivity index (χ0v) is 29.1. The number of ether oxygens (including phenoxy) is 2. The van der Waals surface area contributed by atoms with Crippen LogP contribution in [-0.4, -0.2) is 88.4 Å². The fraction of sp³-hybridized carbons (Fsp3) is 0.308. The smallest absolute Gasteiger partial charge is 0.407 e. The number of H-pyrrole nitrogens is 1. The average molecular weight is 710 g/mol. The SMILES string of the molecule is COC(=O)c1ccc(N2CCC([C@@H](O)c3cc(CN4CCN(C(=O)O)CC4)ccc3-c3ccc(Cl)cc3)CC2)cc1Oc1cnc2[nH]ccc2c1. The lowest BCUT2D eigenvalue weighted by atomic mass is 9.83. The van der Waals surface area contributed by atoms with Gasteiger partial charge in [0.15, 0.2) is 0 Å². The summed E-state index contributed by atoms with van der Waals surface area (Å²) in [5.41, 5.74) is 5.88. The Morgan fingerprint density at radius 2 is 1.73 bits per heavy atom. The van der Waals surface area contributed by atoms with Crippen LogP contribution in [0.5, 0.6) is 11.5 Å². The number of carbonyl (C=O) groups excluding carboxylic acids is 1. The number of esters is 1. The molecule has 12 heteroatoms. The predicted molar refractivity (Wildman–Crippen MR) is 196 cm³/mol. The van der Waals surface area contributed by atoms with Gasteiger partial charge in [-0.25, -0.2) is 14.6 Å². The molecule has 0 saturated carbocycles. The minimum Gasteiger partial charge on any atom is -0.465 e. The van der Waals surface area contributed by atoms with E-state index < -0.39 is 18.2 Å². The number of nitrogens with one attached hydrogen (secondary N) is 1. The Morgan fingerprint density at radius 3 is 2.45 bits per heavy atom. The zero-order valence-electron chi connectivity index (χ0n) is 28.3. The largest absolute Gasteiger partial charge is 0.465 e. The maximum Gasteiger partial charge on any atom is 0.407 e. The van der Waals surface area contributed by atoms with Crippen LogP contribution in [0.25, 0.3) is 22.2 Å². The van der Waals surface area contributed by atoms with Gasteiger partial charge >= 0.3 is 12.1 Å². The van der Waals surface area contributed by atoms with Gasteiger partial charge in [-0.2, -0.15) is 0 Å². The number of benzene rings is 3. The summed E-state index contributed by atoms with van der Waals surface area (Å²) >= 11 is 6.21. The molecule has 0 unspecified atom stereocenters. The van der Waals surface area contributed by atoms with E-state index in [1.165, 1.54) is 12.0 Å². The summed E-state index contributed by atoms with van der Waals surface area (Å²) in [6.07, 6.45) is 3.36. The highest BCUT2D eigenvalue weighted by Gasteiger charge is 2.30. The molecule has 0 spiro atoms. The van der Waals surface area contributed by atoms with Crippen LogP contribution in [0.2, 0.25) is 5.02 Å². The van der Waals surface area contributed by atoms with Crippen LogP contribution in [0.15, 0.2) is 85.2 Å². The van der Waals surface area contributed by atoms with Gasteiger partial charge in [0.05, 0.1) is 19.4 Å². The van der Waals surface area contributed by atoms with E-state index in [0.29, 0.717) is 67.9 Å². The van der Waals surface area contributed by atoms with E-state index in [1.54, 1.807) is 12.3 Å². The Labute approximate surface area is 301 Å². The van der Waals surface area contributed by atoms with Gasteiger partial charge in [0.1, 0.15) is 22.7 Å².